The first-order valence-corrected chi connectivity index (χ1v) is 9.22. The van der Waals surface area contributed by atoms with Gasteiger partial charge in [-0.2, -0.15) is 0 Å². The number of methoxy groups -OCH3 is 1. The smallest absolute Gasteiger partial charge is 0.328 e. The number of carbonyl (C=O) groups is 3. The van der Waals surface area contributed by atoms with E-state index in [-0.39, 0.29) is 17.2 Å². The molecule has 0 bridgehead atoms. The van der Waals surface area contributed by atoms with Gasteiger partial charge in [-0.3, -0.25) is 9.59 Å². The Balaban J connectivity index is 1.86. The molecule has 1 aliphatic rings. The molecule has 2 heterocycles. The van der Waals surface area contributed by atoms with E-state index in [1.165, 1.54) is 14.0 Å². The Morgan fingerprint density at radius 1 is 1.48 bits per heavy atom. The van der Waals surface area contributed by atoms with E-state index in [0.29, 0.717) is 25.1 Å². The van der Waals surface area contributed by atoms with Crippen molar-refractivity contribution in [2.75, 3.05) is 19.4 Å². The monoisotopic (exact) mass is 368 g/mol. The number of ether oxygens (including phenoxy) is 1. The van der Waals surface area contributed by atoms with Crippen molar-refractivity contribution in [1.82, 2.24) is 19.8 Å². The summed E-state index contributed by atoms with van der Waals surface area (Å²) in [5.74, 6) is 0.699. The molecule has 1 aromatic rings. The molecule has 1 aromatic heterocycles. The second kappa shape index (κ2) is 8.89. The van der Waals surface area contributed by atoms with Crippen molar-refractivity contribution in [1.29, 1.82) is 0 Å². The molecule has 0 spiro atoms. The lowest BCUT2D eigenvalue weighted by Crippen LogP contribution is -2.40. The molecule has 8 nitrogen and oxygen atoms in total. The van der Waals surface area contributed by atoms with Crippen LogP contribution in [0.3, 0.4) is 0 Å². The summed E-state index contributed by atoms with van der Waals surface area (Å²) < 4.78 is 6.63. The van der Waals surface area contributed by atoms with Crippen LogP contribution in [-0.4, -0.2) is 57.7 Å². The van der Waals surface area contributed by atoms with Crippen molar-refractivity contribution < 1.29 is 19.1 Å². The van der Waals surface area contributed by atoms with Gasteiger partial charge >= 0.3 is 5.97 Å². The summed E-state index contributed by atoms with van der Waals surface area (Å²) in [4.78, 5) is 41.2. The number of aromatic nitrogens is 2. The van der Waals surface area contributed by atoms with Crippen molar-refractivity contribution in [3.8, 4) is 0 Å². The Labute approximate surface area is 151 Å². The topological polar surface area (TPSA) is 93.5 Å². The quantitative estimate of drug-likeness (QED) is 0.540. The Morgan fingerprint density at radius 3 is 2.84 bits per heavy atom. The van der Waals surface area contributed by atoms with Crippen LogP contribution in [-0.2, 0) is 26.2 Å². The SMILES string of the molecule is COC(=O)C(CCCCN1C(=O)CSC1c1nccn1C)NC(C)=O. The zero-order valence-corrected chi connectivity index (χ0v) is 15.5. The van der Waals surface area contributed by atoms with Crippen molar-refractivity contribution >= 4 is 29.5 Å². The van der Waals surface area contributed by atoms with Crippen molar-refractivity contribution in [2.24, 2.45) is 7.05 Å². The van der Waals surface area contributed by atoms with Gasteiger partial charge in [-0.1, -0.05) is 0 Å². The van der Waals surface area contributed by atoms with Gasteiger partial charge in [0.2, 0.25) is 11.8 Å². The Hall–Kier alpha value is -2.03. The molecule has 0 aliphatic carbocycles. The van der Waals surface area contributed by atoms with E-state index >= 15 is 0 Å². The first-order valence-electron chi connectivity index (χ1n) is 8.17. The Kier molecular flexibility index (Phi) is 6.86. The summed E-state index contributed by atoms with van der Waals surface area (Å²) in [5, 5.41) is 2.52. The molecule has 138 valence electrons. The molecule has 1 saturated heterocycles. The zero-order valence-electron chi connectivity index (χ0n) is 14.7. The van der Waals surface area contributed by atoms with Crippen LogP contribution in [0.25, 0.3) is 0 Å². The zero-order chi connectivity index (χ0) is 18.4. The van der Waals surface area contributed by atoms with E-state index in [0.717, 1.165) is 12.2 Å². The van der Waals surface area contributed by atoms with Crippen molar-refractivity contribution in [3.63, 3.8) is 0 Å². The van der Waals surface area contributed by atoms with Gasteiger partial charge in [0.05, 0.1) is 12.9 Å². The van der Waals surface area contributed by atoms with Crippen LogP contribution >= 0.6 is 11.8 Å². The second-order valence-corrected chi connectivity index (χ2v) is 6.99. The predicted octanol–water partition coefficient (Wildman–Crippen LogP) is 0.842. The summed E-state index contributed by atoms with van der Waals surface area (Å²) in [5.41, 5.74) is 0. The van der Waals surface area contributed by atoms with Crippen LogP contribution in [0, 0.1) is 0 Å². The van der Waals surface area contributed by atoms with Gasteiger partial charge in [0, 0.05) is 32.9 Å². The van der Waals surface area contributed by atoms with E-state index in [1.54, 1.807) is 18.0 Å². The fourth-order valence-corrected chi connectivity index (χ4v) is 4.04. The lowest BCUT2D eigenvalue weighted by molar-refractivity contribution is -0.145. The summed E-state index contributed by atoms with van der Waals surface area (Å²) in [6, 6.07) is -0.642. The highest BCUT2D eigenvalue weighted by molar-refractivity contribution is 8.00. The van der Waals surface area contributed by atoms with Crippen molar-refractivity contribution in [2.45, 2.75) is 37.6 Å². The number of nitrogens with zero attached hydrogens (tertiary/aromatic N) is 3. The number of aryl methyl sites for hydroxylation is 1. The first-order chi connectivity index (χ1) is 11.9. The predicted molar refractivity (Wildman–Crippen MR) is 93.6 cm³/mol. The van der Waals surface area contributed by atoms with Gasteiger partial charge < -0.3 is 19.5 Å². The average molecular weight is 368 g/mol. The molecule has 1 aliphatic heterocycles. The summed E-state index contributed by atoms with van der Waals surface area (Å²) in [6.45, 7) is 1.96. The van der Waals surface area contributed by atoms with Crippen LogP contribution < -0.4 is 5.32 Å². The van der Waals surface area contributed by atoms with Crippen molar-refractivity contribution in [3.05, 3.63) is 18.2 Å². The Bertz CT molecular complexity index is 633. The number of hydrogen-bond donors (Lipinski definition) is 1. The van der Waals surface area contributed by atoms with Gasteiger partial charge in [-0.05, 0) is 19.3 Å². The van der Waals surface area contributed by atoms with Gasteiger partial charge in [-0.25, -0.2) is 9.78 Å². The third-order valence-corrected chi connectivity index (χ3v) is 5.25. The standard InChI is InChI=1S/C16H24N4O4S/c1-11(21)18-12(16(23)24-3)6-4-5-8-20-13(22)10-25-15(20)14-17-7-9-19(14)2/h7,9,12,15H,4-6,8,10H2,1-3H3,(H,18,21). The molecule has 2 amide bonds. The van der Waals surface area contributed by atoms with Crippen LogP contribution in [0.1, 0.15) is 37.4 Å². The molecular formula is C16H24N4O4S. The fourth-order valence-electron chi connectivity index (χ4n) is 2.79. The largest absolute Gasteiger partial charge is 0.467 e. The number of hydrogen-bond acceptors (Lipinski definition) is 6. The highest BCUT2D eigenvalue weighted by Gasteiger charge is 2.34. The number of carbonyl (C=O) groups excluding carboxylic acids is 3. The molecule has 2 rings (SSSR count). The number of esters is 1. The van der Waals surface area contributed by atoms with E-state index in [1.807, 2.05) is 22.7 Å². The third kappa shape index (κ3) is 4.97. The first kappa shape index (κ1) is 19.3. The molecule has 2 atom stereocenters. The van der Waals surface area contributed by atoms with Gasteiger partial charge in [-0.15, -0.1) is 11.8 Å². The normalized spacial score (nSPS) is 18.3. The third-order valence-electron chi connectivity index (χ3n) is 4.05. The highest BCUT2D eigenvalue weighted by atomic mass is 32.2. The number of imidazole rings is 1. The number of unbranched alkanes of at least 4 members (excludes halogenated alkanes) is 1. The number of rotatable bonds is 8. The van der Waals surface area contributed by atoms with Gasteiger partial charge in [0.25, 0.3) is 0 Å². The second-order valence-electron chi connectivity index (χ2n) is 5.92. The molecule has 0 aromatic carbocycles. The summed E-state index contributed by atoms with van der Waals surface area (Å²) in [6.07, 6.45) is 5.51. The molecule has 1 fully saturated rings. The number of thioether (sulfide) groups is 1. The van der Waals surface area contributed by atoms with Gasteiger partial charge in [0.1, 0.15) is 17.2 Å². The van der Waals surface area contributed by atoms with E-state index in [4.69, 9.17) is 4.74 Å². The molecule has 0 saturated carbocycles. The lowest BCUT2D eigenvalue weighted by atomic mass is 10.1. The molecule has 25 heavy (non-hydrogen) atoms. The summed E-state index contributed by atoms with van der Waals surface area (Å²) in [7, 11) is 3.22. The maximum absolute atomic E-state index is 12.2. The average Bonchev–Trinajstić information content (AvgIpc) is 3.15. The lowest BCUT2D eigenvalue weighted by Gasteiger charge is -2.24. The number of amides is 2. The minimum Gasteiger partial charge on any atom is -0.467 e. The molecule has 9 heteroatoms. The van der Waals surface area contributed by atoms with Crippen LogP contribution in [0.4, 0.5) is 0 Å². The number of nitrogens with one attached hydrogen (secondary N) is 1. The van der Waals surface area contributed by atoms with Gasteiger partial charge in [0.15, 0.2) is 0 Å². The van der Waals surface area contributed by atoms with E-state index < -0.39 is 12.0 Å². The van der Waals surface area contributed by atoms with E-state index in [2.05, 4.69) is 10.3 Å². The molecule has 2 unspecified atom stereocenters. The molecule has 1 N–H and O–H groups in total. The maximum Gasteiger partial charge on any atom is 0.328 e. The van der Waals surface area contributed by atoms with E-state index in [9.17, 15) is 14.4 Å². The van der Waals surface area contributed by atoms with Crippen LogP contribution in [0.2, 0.25) is 0 Å². The fraction of sp³-hybridized carbons (Fsp3) is 0.625. The Morgan fingerprint density at radius 2 is 2.24 bits per heavy atom. The molecular weight excluding hydrogens is 344 g/mol. The minimum absolute atomic E-state index is 0.0701. The summed E-state index contributed by atoms with van der Waals surface area (Å²) >= 11 is 1.57. The molecule has 0 radical (unpaired) electrons. The van der Waals surface area contributed by atoms with Crippen LogP contribution in [0.5, 0.6) is 0 Å². The minimum atomic E-state index is -0.642. The highest BCUT2D eigenvalue weighted by Crippen LogP contribution is 2.37. The van der Waals surface area contributed by atoms with Crippen LogP contribution in [0.15, 0.2) is 12.4 Å². The maximum atomic E-state index is 12.2.